The molecule has 0 bridgehead atoms. The van der Waals surface area contributed by atoms with Crippen molar-refractivity contribution in [1.82, 2.24) is 9.62 Å². The Bertz CT molecular complexity index is 741. The highest BCUT2D eigenvalue weighted by atomic mass is 32.2. The van der Waals surface area contributed by atoms with E-state index in [1.54, 1.807) is 6.92 Å². The third-order valence-electron chi connectivity index (χ3n) is 3.98. The first-order valence-corrected chi connectivity index (χ1v) is 8.32. The molecular formula is C14H16N2O4S. The summed E-state index contributed by atoms with van der Waals surface area (Å²) in [5, 5.41) is 2.84. The molecule has 112 valence electrons. The summed E-state index contributed by atoms with van der Waals surface area (Å²) >= 11 is 0. The number of nitrogens with zero attached hydrogens (tertiary/aromatic N) is 1. The molecule has 2 amide bonds. The van der Waals surface area contributed by atoms with Crippen LogP contribution < -0.4 is 5.32 Å². The minimum absolute atomic E-state index is 0.0779. The van der Waals surface area contributed by atoms with Crippen LogP contribution in [-0.4, -0.2) is 37.1 Å². The van der Waals surface area contributed by atoms with Gasteiger partial charge >= 0.3 is 0 Å². The molecule has 1 saturated carbocycles. The molecule has 1 aromatic rings. The molecule has 0 spiro atoms. The van der Waals surface area contributed by atoms with Gasteiger partial charge in [0.25, 0.3) is 21.8 Å². The van der Waals surface area contributed by atoms with Gasteiger partial charge in [-0.2, -0.15) is 0 Å². The molecule has 1 fully saturated rings. The average Bonchev–Trinajstić information content (AvgIpc) is 3.08. The fourth-order valence-electron chi connectivity index (χ4n) is 2.50. The van der Waals surface area contributed by atoms with Gasteiger partial charge in [-0.3, -0.25) is 9.59 Å². The van der Waals surface area contributed by atoms with Crippen LogP contribution in [0.15, 0.2) is 23.1 Å². The Balaban J connectivity index is 1.96. The lowest BCUT2D eigenvalue weighted by Crippen LogP contribution is -2.29. The van der Waals surface area contributed by atoms with Crippen molar-refractivity contribution in [2.75, 3.05) is 6.54 Å². The van der Waals surface area contributed by atoms with E-state index in [4.69, 9.17) is 0 Å². The fraction of sp³-hybridized carbons (Fsp3) is 0.429. The minimum Gasteiger partial charge on any atom is -0.349 e. The third kappa shape index (κ3) is 2.12. The monoisotopic (exact) mass is 308 g/mol. The van der Waals surface area contributed by atoms with E-state index in [2.05, 4.69) is 5.32 Å². The molecule has 0 aromatic heterocycles. The minimum atomic E-state index is -3.82. The van der Waals surface area contributed by atoms with Gasteiger partial charge in [-0.05, 0) is 37.5 Å². The largest absolute Gasteiger partial charge is 0.349 e. The van der Waals surface area contributed by atoms with E-state index >= 15 is 0 Å². The molecule has 0 saturated heterocycles. The molecule has 2 aliphatic rings. The first kappa shape index (κ1) is 14.1. The first-order chi connectivity index (χ1) is 9.86. The van der Waals surface area contributed by atoms with E-state index in [0.29, 0.717) is 5.92 Å². The molecule has 7 heteroatoms. The Labute approximate surface area is 123 Å². The van der Waals surface area contributed by atoms with Crippen LogP contribution in [0.1, 0.15) is 41.0 Å². The number of rotatable bonds is 3. The van der Waals surface area contributed by atoms with Crippen molar-refractivity contribution >= 4 is 21.8 Å². The number of carbonyl (C=O) groups is 2. The molecule has 1 N–H and O–H groups in total. The lowest BCUT2D eigenvalue weighted by Gasteiger charge is -2.11. The van der Waals surface area contributed by atoms with Gasteiger partial charge in [-0.1, -0.05) is 6.92 Å². The molecule has 1 aliphatic carbocycles. The summed E-state index contributed by atoms with van der Waals surface area (Å²) < 4.78 is 25.3. The third-order valence-corrected chi connectivity index (χ3v) is 5.88. The maximum atomic E-state index is 12.3. The fourth-order valence-corrected chi connectivity index (χ4v) is 4.11. The summed E-state index contributed by atoms with van der Waals surface area (Å²) in [5.74, 6) is -0.371. The summed E-state index contributed by atoms with van der Waals surface area (Å²) in [7, 11) is -3.82. The number of carbonyl (C=O) groups excluding carboxylic acids is 2. The molecule has 1 aromatic carbocycles. The van der Waals surface area contributed by atoms with E-state index in [0.717, 1.165) is 10.7 Å². The van der Waals surface area contributed by atoms with Crippen molar-refractivity contribution in [3.05, 3.63) is 29.3 Å². The molecular weight excluding hydrogens is 292 g/mol. The molecule has 2 unspecified atom stereocenters. The Kier molecular flexibility index (Phi) is 3.05. The van der Waals surface area contributed by atoms with Gasteiger partial charge in [0, 0.05) is 18.2 Å². The Morgan fingerprint density at radius 1 is 1.43 bits per heavy atom. The zero-order valence-corrected chi connectivity index (χ0v) is 12.6. The van der Waals surface area contributed by atoms with Crippen molar-refractivity contribution in [1.29, 1.82) is 0 Å². The second-order valence-corrected chi connectivity index (χ2v) is 7.31. The normalized spacial score (nSPS) is 25.6. The van der Waals surface area contributed by atoms with E-state index < -0.39 is 15.9 Å². The first-order valence-electron chi connectivity index (χ1n) is 6.88. The average molecular weight is 308 g/mol. The molecule has 2 atom stereocenters. The lowest BCUT2D eigenvalue weighted by atomic mass is 10.1. The quantitative estimate of drug-likeness (QED) is 0.902. The van der Waals surface area contributed by atoms with Gasteiger partial charge in [0.2, 0.25) is 0 Å². The van der Waals surface area contributed by atoms with Crippen molar-refractivity contribution in [2.45, 2.75) is 31.2 Å². The lowest BCUT2D eigenvalue weighted by molar-refractivity contribution is 0.0874. The maximum Gasteiger partial charge on any atom is 0.268 e. The maximum absolute atomic E-state index is 12.3. The zero-order valence-electron chi connectivity index (χ0n) is 11.8. The second-order valence-electron chi connectivity index (χ2n) is 5.48. The van der Waals surface area contributed by atoms with E-state index in [1.165, 1.54) is 18.2 Å². The van der Waals surface area contributed by atoms with Crippen LogP contribution in [0, 0.1) is 5.92 Å². The summed E-state index contributed by atoms with van der Waals surface area (Å²) in [6.07, 6.45) is 0.942. The van der Waals surface area contributed by atoms with Gasteiger partial charge in [-0.15, -0.1) is 0 Å². The van der Waals surface area contributed by atoms with E-state index in [9.17, 15) is 18.0 Å². The van der Waals surface area contributed by atoms with Crippen LogP contribution in [0.25, 0.3) is 0 Å². The second kappa shape index (κ2) is 4.56. The zero-order chi connectivity index (χ0) is 15.4. The Hall–Kier alpha value is -1.89. The van der Waals surface area contributed by atoms with Crippen molar-refractivity contribution < 1.29 is 18.0 Å². The molecule has 0 radical (unpaired) electrons. The topological polar surface area (TPSA) is 83.6 Å². The Morgan fingerprint density at radius 2 is 2.10 bits per heavy atom. The van der Waals surface area contributed by atoms with E-state index in [-0.39, 0.29) is 34.5 Å². The molecule has 3 rings (SSSR count). The number of hydrogen-bond acceptors (Lipinski definition) is 4. The number of fused-ring (bicyclic) bond motifs is 1. The Morgan fingerprint density at radius 3 is 2.67 bits per heavy atom. The van der Waals surface area contributed by atoms with Crippen molar-refractivity contribution in [3.8, 4) is 0 Å². The van der Waals surface area contributed by atoms with Gasteiger partial charge in [0.1, 0.15) is 4.90 Å². The van der Waals surface area contributed by atoms with Crippen LogP contribution in [0.5, 0.6) is 0 Å². The summed E-state index contributed by atoms with van der Waals surface area (Å²) in [4.78, 5) is 24.0. The van der Waals surface area contributed by atoms with E-state index in [1.807, 2.05) is 6.92 Å². The number of benzene rings is 1. The molecule has 1 heterocycles. The standard InChI is InChI=1S/C14H16N2O4S/c1-3-16-14(18)10-5-4-9(7-12(10)21(16,19)20)13(17)15-11-6-8(11)2/h4-5,7-8,11H,3,6H2,1-2H3,(H,15,17). The van der Waals surface area contributed by atoms with Crippen LogP contribution >= 0.6 is 0 Å². The van der Waals surface area contributed by atoms with Crippen LogP contribution in [0.3, 0.4) is 0 Å². The molecule has 21 heavy (non-hydrogen) atoms. The van der Waals surface area contributed by atoms with Crippen LogP contribution in [0.2, 0.25) is 0 Å². The number of nitrogens with one attached hydrogen (secondary N) is 1. The summed E-state index contributed by atoms with van der Waals surface area (Å²) in [6, 6.07) is 4.36. The predicted molar refractivity (Wildman–Crippen MR) is 75.4 cm³/mol. The number of amides is 2. The highest BCUT2D eigenvalue weighted by molar-refractivity contribution is 7.90. The van der Waals surface area contributed by atoms with Crippen molar-refractivity contribution in [3.63, 3.8) is 0 Å². The SMILES string of the molecule is CCN1C(=O)c2ccc(C(=O)NC3CC3C)cc2S1(=O)=O. The summed E-state index contributed by atoms with van der Waals surface area (Å²) in [6.45, 7) is 3.72. The van der Waals surface area contributed by atoms with Crippen molar-refractivity contribution in [2.24, 2.45) is 5.92 Å². The summed E-state index contributed by atoms with van der Waals surface area (Å²) in [5.41, 5.74) is 0.398. The van der Waals surface area contributed by atoms with Gasteiger partial charge in [-0.25, -0.2) is 12.7 Å². The van der Waals surface area contributed by atoms with Gasteiger partial charge in [0.15, 0.2) is 0 Å². The van der Waals surface area contributed by atoms with Crippen LogP contribution in [-0.2, 0) is 10.0 Å². The highest BCUT2D eigenvalue weighted by Gasteiger charge is 2.41. The van der Waals surface area contributed by atoms with Gasteiger partial charge in [0.05, 0.1) is 5.56 Å². The molecule has 1 aliphatic heterocycles. The number of hydrogen-bond donors (Lipinski definition) is 1. The van der Waals surface area contributed by atoms with Crippen LogP contribution in [0.4, 0.5) is 0 Å². The van der Waals surface area contributed by atoms with Gasteiger partial charge < -0.3 is 5.32 Å². The smallest absolute Gasteiger partial charge is 0.268 e. The highest BCUT2D eigenvalue weighted by Crippen LogP contribution is 2.32. The molecule has 6 nitrogen and oxygen atoms in total. The predicted octanol–water partition coefficient (Wildman–Crippen LogP) is 0.989. The number of sulfonamides is 1.